The van der Waals surface area contributed by atoms with E-state index < -0.39 is 0 Å². The van der Waals surface area contributed by atoms with Gasteiger partial charge in [-0.2, -0.15) is 11.8 Å². The third kappa shape index (κ3) is 2.17. The van der Waals surface area contributed by atoms with E-state index in [2.05, 4.69) is 6.26 Å². The van der Waals surface area contributed by atoms with Crippen molar-refractivity contribution in [1.29, 1.82) is 0 Å². The molecular formula is C8H16OS. The van der Waals surface area contributed by atoms with Crippen molar-refractivity contribution in [3.05, 3.63) is 0 Å². The fraction of sp³-hybridized carbons (Fsp3) is 1.00. The Labute approximate surface area is 67.2 Å². The van der Waals surface area contributed by atoms with Gasteiger partial charge in [-0.3, -0.25) is 0 Å². The van der Waals surface area contributed by atoms with Crippen LogP contribution in [0.1, 0.15) is 32.1 Å². The van der Waals surface area contributed by atoms with E-state index >= 15 is 0 Å². The molecule has 10 heavy (non-hydrogen) atoms. The Morgan fingerprint density at radius 3 is 2.60 bits per heavy atom. The van der Waals surface area contributed by atoms with E-state index in [1.807, 2.05) is 11.8 Å². The van der Waals surface area contributed by atoms with Crippen LogP contribution in [0.3, 0.4) is 0 Å². The molecule has 1 N–H and O–H groups in total. The summed E-state index contributed by atoms with van der Waals surface area (Å²) >= 11 is 1.82. The first-order valence-electron chi connectivity index (χ1n) is 4.05. The molecule has 1 aliphatic carbocycles. The van der Waals surface area contributed by atoms with E-state index in [1.165, 1.54) is 25.7 Å². The molecule has 0 amide bonds. The second kappa shape index (κ2) is 4.24. The smallest absolute Gasteiger partial charge is 0.0658 e. The number of thioether (sulfide) groups is 1. The maximum absolute atomic E-state index is 9.53. The molecule has 60 valence electrons. The van der Waals surface area contributed by atoms with Gasteiger partial charge in [-0.25, -0.2) is 0 Å². The van der Waals surface area contributed by atoms with E-state index in [9.17, 15) is 5.11 Å². The van der Waals surface area contributed by atoms with Gasteiger partial charge in [0.15, 0.2) is 0 Å². The van der Waals surface area contributed by atoms with Crippen molar-refractivity contribution in [3.8, 4) is 0 Å². The lowest BCUT2D eigenvalue weighted by atomic mass is 10.1. The van der Waals surface area contributed by atoms with Crippen LogP contribution in [-0.2, 0) is 0 Å². The molecule has 2 atom stereocenters. The van der Waals surface area contributed by atoms with Gasteiger partial charge in [-0.15, -0.1) is 0 Å². The quantitative estimate of drug-likeness (QED) is 0.592. The first-order chi connectivity index (χ1) is 4.84. The van der Waals surface area contributed by atoms with Crippen molar-refractivity contribution in [2.24, 2.45) is 0 Å². The molecule has 1 nitrogen and oxygen atoms in total. The Morgan fingerprint density at radius 1 is 1.20 bits per heavy atom. The predicted molar refractivity (Wildman–Crippen MR) is 46.4 cm³/mol. The molecule has 0 spiro atoms. The van der Waals surface area contributed by atoms with Crippen LogP contribution >= 0.6 is 11.8 Å². The van der Waals surface area contributed by atoms with E-state index in [0.29, 0.717) is 5.25 Å². The van der Waals surface area contributed by atoms with Crippen LogP contribution < -0.4 is 0 Å². The van der Waals surface area contributed by atoms with E-state index in [0.717, 1.165) is 6.42 Å². The van der Waals surface area contributed by atoms with Crippen LogP contribution in [0.15, 0.2) is 0 Å². The van der Waals surface area contributed by atoms with Gasteiger partial charge in [-0.05, 0) is 19.1 Å². The molecule has 0 aromatic heterocycles. The topological polar surface area (TPSA) is 20.2 Å². The molecule has 2 unspecified atom stereocenters. The van der Waals surface area contributed by atoms with Crippen molar-refractivity contribution < 1.29 is 5.11 Å². The second-order valence-corrected chi connectivity index (χ2v) is 4.06. The second-order valence-electron chi connectivity index (χ2n) is 2.98. The van der Waals surface area contributed by atoms with Gasteiger partial charge in [0, 0.05) is 5.25 Å². The van der Waals surface area contributed by atoms with E-state index in [1.54, 1.807) is 0 Å². The summed E-state index contributed by atoms with van der Waals surface area (Å²) in [4.78, 5) is 0. The highest BCUT2D eigenvalue weighted by Gasteiger charge is 2.19. The average molecular weight is 160 g/mol. The monoisotopic (exact) mass is 160 g/mol. The van der Waals surface area contributed by atoms with Crippen LogP contribution in [0.25, 0.3) is 0 Å². The molecular weight excluding hydrogens is 144 g/mol. The minimum absolute atomic E-state index is 0.0301. The molecule has 1 fully saturated rings. The van der Waals surface area contributed by atoms with Gasteiger partial charge >= 0.3 is 0 Å². The molecule has 0 aliphatic heterocycles. The lowest BCUT2D eigenvalue weighted by Crippen LogP contribution is -2.20. The van der Waals surface area contributed by atoms with Crippen LogP contribution in [0.5, 0.6) is 0 Å². The van der Waals surface area contributed by atoms with Crippen LogP contribution in [0, 0.1) is 0 Å². The van der Waals surface area contributed by atoms with E-state index in [-0.39, 0.29) is 6.10 Å². The standard InChI is InChI=1S/C8H16OS/c1-10-8-6-4-2-3-5-7(8)9/h7-9H,2-6H2,1H3. The predicted octanol–water partition coefficient (Wildman–Crippen LogP) is 2.04. The molecule has 0 bridgehead atoms. The van der Waals surface area contributed by atoms with Gasteiger partial charge in [0.05, 0.1) is 6.10 Å². The SMILES string of the molecule is CSC1CCCCCC1O. The summed E-state index contributed by atoms with van der Waals surface area (Å²) in [5.74, 6) is 0. The Bertz CT molecular complexity index is 95.3. The Morgan fingerprint density at radius 2 is 1.90 bits per heavy atom. The molecule has 1 aliphatic rings. The highest BCUT2D eigenvalue weighted by atomic mass is 32.2. The molecule has 0 saturated heterocycles. The molecule has 1 saturated carbocycles. The van der Waals surface area contributed by atoms with Crippen molar-refractivity contribution in [3.63, 3.8) is 0 Å². The zero-order valence-electron chi connectivity index (χ0n) is 6.55. The number of hydrogen-bond acceptors (Lipinski definition) is 2. The lowest BCUT2D eigenvalue weighted by Gasteiger charge is -2.16. The highest BCUT2D eigenvalue weighted by molar-refractivity contribution is 7.99. The maximum atomic E-state index is 9.53. The van der Waals surface area contributed by atoms with Crippen LogP contribution in [-0.4, -0.2) is 22.7 Å². The van der Waals surface area contributed by atoms with Crippen molar-refractivity contribution >= 4 is 11.8 Å². The molecule has 0 aromatic carbocycles. The summed E-state index contributed by atoms with van der Waals surface area (Å²) in [6.07, 6.45) is 8.14. The summed E-state index contributed by atoms with van der Waals surface area (Å²) in [7, 11) is 0. The fourth-order valence-corrected chi connectivity index (χ4v) is 2.38. The Hall–Kier alpha value is 0.310. The number of aliphatic hydroxyl groups excluding tert-OH is 1. The Kier molecular flexibility index (Phi) is 3.57. The molecule has 0 radical (unpaired) electrons. The third-order valence-electron chi connectivity index (χ3n) is 2.22. The number of aliphatic hydroxyl groups is 1. The normalized spacial score (nSPS) is 35.4. The molecule has 1 rings (SSSR count). The zero-order valence-corrected chi connectivity index (χ0v) is 7.36. The van der Waals surface area contributed by atoms with E-state index in [4.69, 9.17) is 0 Å². The average Bonchev–Trinajstić information content (AvgIpc) is 2.13. The van der Waals surface area contributed by atoms with Crippen LogP contribution in [0.2, 0.25) is 0 Å². The summed E-state index contributed by atoms with van der Waals surface area (Å²) in [5.41, 5.74) is 0. The fourth-order valence-electron chi connectivity index (χ4n) is 1.53. The molecule has 0 aromatic rings. The summed E-state index contributed by atoms with van der Waals surface area (Å²) in [5, 5.41) is 10.0. The number of rotatable bonds is 1. The molecule has 2 heteroatoms. The largest absolute Gasteiger partial charge is 0.392 e. The van der Waals surface area contributed by atoms with Crippen molar-refractivity contribution in [2.75, 3.05) is 6.26 Å². The van der Waals surface area contributed by atoms with Gasteiger partial charge < -0.3 is 5.11 Å². The van der Waals surface area contributed by atoms with Crippen molar-refractivity contribution in [2.45, 2.75) is 43.5 Å². The third-order valence-corrected chi connectivity index (χ3v) is 3.38. The zero-order chi connectivity index (χ0) is 7.40. The lowest BCUT2D eigenvalue weighted by molar-refractivity contribution is 0.163. The Balaban J connectivity index is 2.35. The maximum Gasteiger partial charge on any atom is 0.0658 e. The minimum Gasteiger partial charge on any atom is -0.392 e. The minimum atomic E-state index is -0.0301. The van der Waals surface area contributed by atoms with Crippen molar-refractivity contribution in [1.82, 2.24) is 0 Å². The van der Waals surface area contributed by atoms with Gasteiger partial charge in [0.2, 0.25) is 0 Å². The highest BCUT2D eigenvalue weighted by Crippen LogP contribution is 2.25. The first-order valence-corrected chi connectivity index (χ1v) is 5.34. The first kappa shape index (κ1) is 8.41. The van der Waals surface area contributed by atoms with Gasteiger partial charge in [0.1, 0.15) is 0 Å². The summed E-state index contributed by atoms with van der Waals surface area (Å²) < 4.78 is 0. The molecule has 0 heterocycles. The summed E-state index contributed by atoms with van der Waals surface area (Å²) in [6.45, 7) is 0. The summed E-state index contributed by atoms with van der Waals surface area (Å²) in [6, 6.07) is 0. The number of hydrogen-bond donors (Lipinski definition) is 1. The van der Waals surface area contributed by atoms with Gasteiger partial charge in [-0.1, -0.05) is 19.3 Å². The van der Waals surface area contributed by atoms with Gasteiger partial charge in [0.25, 0.3) is 0 Å². The van der Waals surface area contributed by atoms with Crippen LogP contribution in [0.4, 0.5) is 0 Å².